The molecule has 1 aliphatic rings. The molecule has 3 heterocycles. The van der Waals surface area contributed by atoms with Gasteiger partial charge in [0.1, 0.15) is 17.3 Å². The summed E-state index contributed by atoms with van der Waals surface area (Å²) < 4.78 is 7.06. The second-order valence-corrected chi connectivity index (χ2v) is 7.95. The number of fused-ring (bicyclic) bond motifs is 1. The van der Waals surface area contributed by atoms with Gasteiger partial charge in [0.25, 0.3) is 0 Å². The summed E-state index contributed by atoms with van der Waals surface area (Å²) >= 11 is 8.83. The predicted molar refractivity (Wildman–Crippen MR) is 94.8 cm³/mol. The van der Waals surface area contributed by atoms with E-state index in [4.69, 9.17) is 21.2 Å². The van der Waals surface area contributed by atoms with Crippen LogP contribution in [-0.4, -0.2) is 22.8 Å². The van der Waals surface area contributed by atoms with E-state index in [1.54, 1.807) is 6.07 Å². The summed E-state index contributed by atoms with van der Waals surface area (Å²) in [5.41, 5.74) is 1.62. The van der Waals surface area contributed by atoms with Gasteiger partial charge in [-0.3, -0.25) is 0 Å². The fourth-order valence-corrected chi connectivity index (χ4v) is 4.24. The third kappa shape index (κ3) is 3.15. The number of nitrogens with zero attached hydrogens (tertiary/aromatic N) is 2. The van der Waals surface area contributed by atoms with Crippen LogP contribution in [-0.2, 0) is 21.0 Å². The van der Waals surface area contributed by atoms with Crippen molar-refractivity contribution in [1.82, 2.24) is 4.98 Å². The number of hydrogen-bond acceptors (Lipinski definition) is 7. The molecule has 0 fully saturated rings. The van der Waals surface area contributed by atoms with Gasteiger partial charge in [-0.15, -0.1) is 22.7 Å². The highest BCUT2D eigenvalue weighted by molar-refractivity contribution is 7.18. The number of benzene rings is 1. The molecule has 2 aromatic heterocycles. The molecule has 0 spiro atoms. The molecule has 0 saturated carbocycles. The maximum Gasteiger partial charge on any atom is 0.351 e. The van der Waals surface area contributed by atoms with Gasteiger partial charge in [-0.1, -0.05) is 28.9 Å². The number of carbonyl (C=O) groups is 1. The largest absolute Gasteiger partial charge is 0.455 e. The average Bonchev–Trinajstić information content (AvgIpc) is 3.30. The summed E-state index contributed by atoms with van der Waals surface area (Å²) in [5, 5.41) is 4.72. The van der Waals surface area contributed by atoms with Crippen LogP contribution < -0.4 is 0 Å². The van der Waals surface area contributed by atoms with E-state index in [-0.39, 0.29) is 6.61 Å². The molecule has 24 heavy (non-hydrogen) atoms. The predicted octanol–water partition coefficient (Wildman–Crippen LogP) is 4.25. The van der Waals surface area contributed by atoms with E-state index in [2.05, 4.69) is 10.1 Å². The number of halogens is 1. The molecule has 0 aliphatic carbocycles. The first-order valence-corrected chi connectivity index (χ1v) is 9.19. The van der Waals surface area contributed by atoms with Gasteiger partial charge in [0.05, 0.1) is 19.4 Å². The standard InChI is InChI=1S/C16H11ClN2O3S2/c17-14-6-5-13(23-14)10-7-11(22-19-10)16(20)21-8-15-18-9-3-1-2-4-12(9)24-15/h1-6,11H,7-8H2. The Labute approximate surface area is 150 Å². The monoisotopic (exact) mass is 378 g/mol. The van der Waals surface area contributed by atoms with Crippen LogP contribution in [0.5, 0.6) is 0 Å². The number of thiophene rings is 1. The van der Waals surface area contributed by atoms with E-state index in [1.165, 1.54) is 22.7 Å². The Kier molecular flexibility index (Phi) is 4.22. The Bertz CT molecular complexity index is 901. The number of thiazole rings is 1. The fraction of sp³-hybridized carbons (Fsp3) is 0.188. The molecule has 8 heteroatoms. The molecule has 0 N–H and O–H groups in total. The molecule has 1 aliphatic heterocycles. The summed E-state index contributed by atoms with van der Waals surface area (Å²) in [5.74, 6) is -0.435. The van der Waals surface area contributed by atoms with Crippen molar-refractivity contribution >= 4 is 56.2 Å². The van der Waals surface area contributed by atoms with Crippen molar-refractivity contribution in [3.05, 3.63) is 50.6 Å². The van der Waals surface area contributed by atoms with Crippen LogP contribution in [0.25, 0.3) is 10.2 Å². The number of rotatable bonds is 4. The van der Waals surface area contributed by atoms with Crippen molar-refractivity contribution in [2.75, 3.05) is 0 Å². The zero-order valence-electron chi connectivity index (χ0n) is 12.3. The third-order valence-corrected chi connectivity index (χ3v) is 5.76. The van der Waals surface area contributed by atoms with Crippen molar-refractivity contribution in [3.63, 3.8) is 0 Å². The lowest BCUT2D eigenvalue weighted by molar-refractivity contribution is -0.156. The lowest BCUT2D eigenvalue weighted by atomic mass is 10.1. The Morgan fingerprint density at radius 3 is 2.96 bits per heavy atom. The van der Waals surface area contributed by atoms with Gasteiger partial charge in [0.15, 0.2) is 0 Å². The molecule has 0 saturated heterocycles. The van der Waals surface area contributed by atoms with Crippen LogP contribution >= 0.6 is 34.3 Å². The van der Waals surface area contributed by atoms with Crippen molar-refractivity contribution in [2.45, 2.75) is 19.1 Å². The molecule has 1 aromatic carbocycles. The number of hydrogen-bond donors (Lipinski definition) is 0. The molecule has 0 radical (unpaired) electrons. The average molecular weight is 379 g/mol. The summed E-state index contributed by atoms with van der Waals surface area (Å²) in [7, 11) is 0. The first kappa shape index (κ1) is 15.6. The van der Waals surface area contributed by atoms with E-state index in [9.17, 15) is 4.79 Å². The quantitative estimate of drug-likeness (QED) is 0.637. The van der Waals surface area contributed by atoms with E-state index >= 15 is 0 Å². The van der Waals surface area contributed by atoms with Crippen molar-refractivity contribution < 1.29 is 14.4 Å². The number of esters is 1. The highest BCUT2D eigenvalue weighted by Gasteiger charge is 2.31. The molecule has 1 atom stereocenters. The fourth-order valence-electron chi connectivity index (χ4n) is 2.33. The van der Waals surface area contributed by atoms with Crippen LogP contribution in [0.1, 0.15) is 16.3 Å². The van der Waals surface area contributed by atoms with Crippen LogP contribution in [0.3, 0.4) is 0 Å². The second-order valence-electron chi connectivity index (χ2n) is 5.12. The lowest BCUT2D eigenvalue weighted by Crippen LogP contribution is -2.23. The first-order chi connectivity index (χ1) is 11.7. The van der Waals surface area contributed by atoms with Gasteiger partial charge < -0.3 is 9.57 Å². The minimum atomic E-state index is -0.713. The molecule has 4 rings (SSSR count). The Morgan fingerprint density at radius 2 is 2.17 bits per heavy atom. The topological polar surface area (TPSA) is 60.8 Å². The van der Waals surface area contributed by atoms with Gasteiger partial charge in [-0.05, 0) is 24.3 Å². The number of para-hydroxylation sites is 1. The van der Waals surface area contributed by atoms with Crippen LogP contribution in [0.2, 0.25) is 4.34 Å². The van der Waals surface area contributed by atoms with Gasteiger partial charge in [0.2, 0.25) is 6.10 Å². The molecule has 1 unspecified atom stereocenters. The maximum atomic E-state index is 12.1. The number of carbonyl (C=O) groups excluding carboxylic acids is 1. The summed E-state index contributed by atoms with van der Waals surface area (Å²) in [4.78, 5) is 22.7. The molecular formula is C16H11ClN2O3S2. The number of aromatic nitrogens is 1. The zero-order chi connectivity index (χ0) is 16.5. The smallest absolute Gasteiger partial charge is 0.351 e. The van der Waals surface area contributed by atoms with Crippen LogP contribution in [0.15, 0.2) is 41.6 Å². The minimum absolute atomic E-state index is 0.137. The van der Waals surface area contributed by atoms with Gasteiger partial charge in [-0.25, -0.2) is 9.78 Å². The zero-order valence-corrected chi connectivity index (χ0v) is 14.7. The van der Waals surface area contributed by atoms with Crippen LogP contribution in [0, 0.1) is 0 Å². The minimum Gasteiger partial charge on any atom is -0.455 e. The summed E-state index contributed by atoms with van der Waals surface area (Å²) in [6, 6.07) is 11.5. The number of oxime groups is 1. The van der Waals surface area contributed by atoms with E-state index in [0.29, 0.717) is 16.5 Å². The van der Waals surface area contributed by atoms with Gasteiger partial charge in [-0.2, -0.15) is 0 Å². The SMILES string of the molecule is O=C(OCc1nc2ccccc2s1)C1CC(c2ccc(Cl)s2)=NO1. The Hall–Kier alpha value is -1.96. The van der Waals surface area contributed by atoms with Gasteiger partial charge >= 0.3 is 5.97 Å². The highest BCUT2D eigenvalue weighted by Crippen LogP contribution is 2.27. The summed E-state index contributed by atoms with van der Waals surface area (Å²) in [6.07, 6.45) is -0.328. The van der Waals surface area contributed by atoms with Crippen LogP contribution in [0.4, 0.5) is 0 Å². The molecule has 0 amide bonds. The molecule has 3 aromatic rings. The van der Waals surface area contributed by atoms with Gasteiger partial charge in [0, 0.05) is 6.42 Å². The van der Waals surface area contributed by atoms with Crippen molar-refractivity contribution in [3.8, 4) is 0 Å². The Morgan fingerprint density at radius 1 is 1.29 bits per heavy atom. The molecule has 122 valence electrons. The molecule has 5 nitrogen and oxygen atoms in total. The first-order valence-electron chi connectivity index (χ1n) is 7.18. The maximum absolute atomic E-state index is 12.1. The van der Waals surface area contributed by atoms with Crippen molar-refractivity contribution in [1.29, 1.82) is 0 Å². The van der Waals surface area contributed by atoms with E-state index in [0.717, 1.165) is 20.1 Å². The van der Waals surface area contributed by atoms with E-state index < -0.39 is 12.1 Å². The molecular weight excluding hydrogens is 368 g/mol. The normalized spacial score (nSPS) is 16.9. The summed E-state index contributed by atoms with van der Waals surface area (Å²) in [6.45, 7) is 0.137. The lowest BCUT2D eigenvalue weighted by Gasteiger charge is -2.07. The van der Waals surface area contributed by atoms with E-state index in [1.807, 2.05) is 30.3 Å². The second kappa shape index (κ2) is 6.51. The van der Waals surface area contributed by atoms with Crippen molar-refractivity contribution in [2.24, 2.45) is 5.16 Å². The highest BCUT2D eigenvalue weighted by atomic mass is 35.5. The molecule has 0 bridgehead atoms. The number of ether oxygens (including phenoxy) is 1. The third-order valence-electron chi connectivity index (χ3n) is 3.47. The Balaban J connectivity index is 1.35.